The summed E-state index contributed by atoms with van der Waals surface area (Å²) in [5, 5.41) is 4.36. The maximum absolute atomic E-state index is 11.2. The van der Waals surface area contributed by atoms with Gasteiger partial charge in [0.05, 0.1) is 17.8 Å². The molecule has 5 heteroatoms. The summed E-state index contributed by atoms with van der Waals surface area (Å²) in [6.45, 7) is 1.87. The fourth-order valence-corrected chi connectivity index (χ4v) is 1.61. The van der Waals surface area contributed by atoms with E-state index < -0.39 is 0 Å². The molecule has 0 aliphatic carbocycles. The average molecular weight is 230 g/mol. The van der Waals surface area contributed by atoms with E-state index in [2.05, 4.69) is 10.5 Å². The van der Waals surface area contributed by atoms with Gasteiger partial charge in [0, 0.05) is 11.8 Å². The van der Waals surface area contributed by atoms with E-state index in [9.17, 15) is 4.79 Å². The lowest BCUT2D eigenvalue weighted by Gasteiger charge is -1.99. The number of aryl methyl sites for hydroxylation is 1. The summed E-state index contributed by atoms with van der Waals surface area (Å²) in [5.41, 5.74) is 4.78. The van der Waals surface area contributed by atoms with Crippen molar-refractivity contribution in [3.8, 4) is 5.69 Å². The molecule has 1 amide bonds. The van der Waals surface area contributed by atoms with Crippen molar-refractivity contribution in [1.82, 2.24) is 15.2 Å². The first-order chi connectivity index (χ1) is 8.20. The van der Waals surface area contributed by atoms with Crippen molar-refractivity contribution < 1.29 is 4.79 Å². The number of aromatic nitrogens is 2. The predicted molar refractivity (Wildman–Crippen MR) is 64.3 cm³/mol. The Labute approximate surface area is 99.2 Å². The highest BCUT2D eigenvalue weighted by Crippen LogP contribution is 2.12. The number of carbonyl (C=O) groups excluding carboxylic acids is 1. The van der Waals surface area contributed by atoms with Gasteiger partial charge in [-0.1, -0.05) is 18.2 Å². The van der Waals surface area contributed by atoms with E-state index in [1.165, 1.54) is 0 Å². The zero-order chi connectivity index (χ0) is 12.3. The molecule has 0 bridgehead atoms. The van der Waals surface area contributed by atoms with Crippen LogP contribution in [0.25, 0.3) is 5.69 Å². The first kappa shape index (κ1) is 11.3. The van der Waals surface area contributed by atoms with Crippen LogP contribution in [0, 0.1) is 6.92 Å². The molecule has 0 radical (unpaired) electrons. The predicted octanol–water partition coefficient (Wildman–Crippen LogP) is 0.713. The summed E-state index contributed by atoms with van der Waals surface area (Å²) in [6.07, 6.45) is 2.09. The fraction of sp³-hybridized carbons (Fsp3) is 0.167. The molecule has 1 aromatic heterocycles. The lowest BCUT2D eigenvalue weighted by Crippen LogP contribution is -2.31. The van der Waals surface area contributed by atoms with Crippen LogP contribution in [-0.2, 0) is 11.2 Å². The smallest absolute Gasteiger partial charge is 0.238 e. The van der Waals surface area contributed by atoms with Crippen LogP contribution in [0.3, 0.4) is 0 Å². The minimum atomic E-state index is -0.222. The number of hydrogen-bond donors (Lipinski definition) is 2. The molecule has 2 rings (SSSR count). The van der Waals surface area contributed by atoms with Crippen LogP contribution in [0.1, 0.15) is 11.3 Å². The van der Waals surface area contributed by atoms with Gasteiger partial charge in [0.25, 0.3) is 0 Å². The zero-order valence-corrected chi connectivity index (χ0v) is 9.55. The summed E-state index contributed by atoms with van der Waals surface area (Å²) < 4.78 is 1.76. The van der Waals surface area contributed by atoms with Gasteiger partial charge in [0.1, 0.15) is 0 Å². The topological polar surface area (TPSA) is 72.9 Å². The van der Waals surface area contributed by atoms with Crippen LogP contribution >= 0.6 is 0 Å². The van der Waals surface area contributed by atoms with Crippen LogP contribution in [0.5, 0.6) is 0 Å². The zero-order valence-electron chi connectivity index (χ0n) is 9.55. The van der Waals surface area contributed by atoms with Gasteiger partial charge in [-0.3, -0.25) is 10.2 Å². The summed E-state index contributed by atoms with van der Waals surface area (Å²) in [4.78, 5) is 11.2. The quantitative estimate of drug-likeness (QED) is 0.463. The van der Waals surface area contributed by atoms with Gasteiger partial charge in [-0.05, 0) is 19.1 Å². The van der Waals surface area contributed by atoms with Gasteiger partial charge in [0.2, 0.25) is 5.91 Å². The average Bonchev–Trinajstić information content (AvgIpc) is 2.72. The number of nitrogens with one attached hydrogen (secondary N) is 1. The van der Waals surface area contributed by atoms with Gasteiger partial charge in [-0.15, -0.1) is 0 Å². The van der Waals surface area contributed by atoms with Crippen LogP contribution < -0.4 is 11.3 Å². The Bertz CT molecular complexity index is 519. The van der Waals surface area contributed by atoms with Crippen molar-refractivity contribution in [2.45, 2.75) is 13.3 Å². The Kier molecular flexibility index (Phi) is 3.20. The molecule has 0 aliphatic heterocycles. The number of nitrogens with zero attached hydrogens (tertiary/aromatic N) is 2. The third-order valence-electron chi connectivity index (χ3n) is 2.53. The van der Waals surface area contributed by atoms with E-state index in [1.54, 1.807) is 4.68 Å². The van der Waals surface area contributed by atoms with E-state index in [0.29, 0.717) is 0 Å². The SMILES string of the molecule is Cc1nn(-c2ccccc2)cc1CC(=O)NN. The van der Waals surface area contributed by atoms with Gasteiger partial charge in [0.15, 0.2) is 0 Å². The van der Waals surface area contributed by atoms with Crippen molar-refractivity contribution >= 4 is 5.91 Å². The Morgan fingerprint density at radius 3 is 2.76 bits per heavy atom. The van der Waals surface area contributed by atoms with E-state index in [1.807, 2.05) is 43.5 Å². The molecule has 0 spiro atoms. The molecule has 0 fully saturated rings. The number of hydrazine groups is 1. The van der Waals surface area contributed by atoms with Gasteiger partial charge < -0.3 is 0 Å². The van der Waals surface area contributed by atoms with Crippen LogP contribution in [-0.4, -0.2) is 15.7 Å². The standard InChI is InChI=1S/C12H14N4O/c1-9-10(7-12(17)14-13)8-16(15-9)11-5-3-2-4-6-11/h2-6,8H,7,13H2,1H3,(H,14,17). The highest BCUT2D eigenvalue weighted by Gasteiger charge is 2.09. The summed E-state index contributed by atoms with van der Waals surface area (Å²) in [7, 11) is 0. The molecule has 1 aromatic carbocycles. The molecule has 0 unspecified atom stereocenters. The van der Waals surface area contributed by atoms with Crippen molar-refractivity contribution in [3.05, 3.63) is 47.8 Å². The largest absolute Gasteiger partial charge is 0.294 e. The van der Waals surface area contributed by atoms with E-state index in [0.717, 1.165) is 16.9 Å². The number of amides is 1. The van der Waals surface area contributed by atoms with Crippen molar-refractivity contribution in [1.29, 1.82) is 0 Å². The second-order valence-corrected chi connectivity index (χ2v) is 3.76. The fourth-order valence-electron chi connectivity index (χ4n) is 1.61. The highest BCUT2D eigenvalue weighted by molar-refractivity contribution is 5.78. The molecule has 5 nitrogen and oxygen atoms in total. The van der Waals surface area contributed by atoms with E-state index >= 15 is 0 Å². The minimum absolute atomic E-state index is 0.222. The Morgan fingerprint density at radius 2 is 2.12 bits per heavy atom. The van der Waals surface area contributed by atoms with Crippen molar-refractivity contribution in [2.75, 3.05) is 0 Å². The molecule has 0 aliphatic rings. The molecule has 0 saturated heterocycles. The van der Waals surface area contributed by atoms with E-state index in [-0.39, 0.29) is 12.3 Å². The molecule has 0 saturated carbocycles. The highest BCUT2D eigenvalue weighted by atomic mass is 16.2. The first-order valence-corrected chi connectivity index (χ1v) is 5.30. The summed E-state index contributed by atoms with van der Waals surface area (Å²) in [6, 6.07) is 9.75. The van der Waals surface area contributed by atoms with Gasteiger partial charge in [-0.2, -0.15) is 5.10 Å². The number of nitrogens with two attached hydrogens (primary N) is 1. The van der Waals surface area contributed by atoms with Crippen molar-refractivity contribution in [3.63, 3.8) is 0 Å². The normalized spacial score (nSPS) is 10.2. The summed E-state index contributed by atoms with van der Waals surface area (Å²) in [5.74, 6) is 4.84. The maximum Gasteiger partial charge on any atom is 0.238 e. The Morgan fingerprint density at radius 1 is 1.41 bits per heavy atom. The van der Waals surface area contributed by atoms with Crippen molar-refractivity contribution in [2.24, 2.45) is 5.84 Å². The number of carbonyl (C=O) groups is 1. The van der Waals surface area contributed by atoms with Crippen LogP contribution in [0.15, 0.2) is 36.5 Å². The number of benzene rings is 1. The third kappa shape index (κ3) is 2.51. The number of hydrogen-bond acceptors (Lipinski definition) is 3. The number of para-hydroxylation sites is 1. The lowest BCUT2D eigenvalue weighted by atomic mass is 10.2. The van der Waals surface area contributed by atoms with Crippen LogP contribution in [0.4, 0.5) is 0 Å². The van der Waals surface area contributed by atoms with E-state index in [4.69, 9.17) is 5.84 Å². The van der Waals surface area contributed by atoms with Crippen LogP contribution in [0.2, 0.25) is 0 Å². The van der Waals surface area contributed by atoms with Gasteiger partial charge in [-0.25, -0.2) is 10.5 Å². The summed E-state index contributed by atoms with van der Waals surface area (Å²) >= 11 is 0. The maximum atomic E-state index is 11.2. The number of rotatable bonds is 3. The second-order valence-electron chi connectivity index (χ2n) is 3.76. The third-order valence-corrected chi connectivity index (χ3v) is 2.53. The Hall–Kier alpha value is -2.14. The molecule has 0 atom stereocenters. The first-order valence-electron chi connectivity index (χ1n) is 5.30. The molecular formula is C12H14N4O. The lowest BCUT2D eigenvalue weighted by molar-refractivity contribution is -0.120. The molecular weight excluding hydrogens is 216 g/mol. The molecule has 88 valence electrons. The monoisotopic (exact) mass is 230 g/mol. The molecule has 1 heterocycles. The minimum Gasteiger partial charge on any atom is -0.294 e. The second kappa shape index (κ2) is 4.80. The molecule has 2 aromatic rings. The van der Waals surface area contributed by atoms with Gasteiger partial charge >= 0.3 is 0 Å². The molecule has 17 heavy (non-hydrogen) atoms. The Balaban J connectivity index is 2.28. The molecule has 3 N–H and O–H groups in total.